The van der Waals surface area contributed by atoms with E-state index in [-0.39, 0.29) is 0 Å². The van der Waals surface area contributed by atoms with Gasteiger partial charge in [0.2, 0.25) is 0 Å². The van der Waals surface area contributed by atoms with E-state index in [1.165, 1.54) is 19.3 Å². The molecule has 0 saturated heterocycles. The van der Waals surface area contributed by atoms with Crippen molar-refractivity contribution >= 4 is 0 Å². The van der Waals surface area contributed by atoms with E-state index < -0.39 is 0 Å². The van der Waals surface area contributed by atoms with Crippen LogP contribution in [0.2, 0.25) is 0 Å². The summed E-state index contributed by atoms with van der Waals surface area (Å²) in [4.78, 5) is 0. The zero-order valence-corrected chi connectivity index (χ0v) is 9.88. The summed E-state index contributed by atoms with van der Waals surface area (Å²) in [5.74, 6) is 1.82. The fraction of sp³-hybridized carbons (Fsp3) is 1.00. The summed E-state index contributed by atoms with van der Waals surface area (Å²) in [7, 11) is 1.77. The van der Waals surface area contributed by atoms with Crippen LogP contribution in [-0.4, -0.2) is 26.3 Å². The summed E-state index contributed by atoms with van der Waals surface area (Å²) >= 11 is 0. The van der Waals surface area contributed by atoms with Crippen LogP contribution in [0.25, 0.3) is 0 Å². The third-order valence-corrected chi connectivity index (χ3v) is 3.68. The number of methoxy groups -OCH3 is 1. The Morgan fingerprint density at radius 2 is 2.14 bits per heavy atom. The fourth-order valence-electron chi connectivity index (χ4n) is 2.62. The lowest BCUT2D eigenvalue weighted by Crippen LogP contribution is -2.33. The molecule has 2 nitrogen and oxygen atoms in total. The smallest absolute Gasteiger partial charge is 0.0474 e. The number of hydrogen-bond donors (Lipinski definition) is 1. The first kappa shape index (κ1) is 12.0. The summed E-state index contributed by atoms with van der Waals surface area (Å²) in [6, 6.07) is 0.761. The van der Waals surface area contributed by atoms with Crippen LogP contribution in [0.3, 0.4) is 0 Å². The van der Waals surface area contributed by atoms with Crippen molar-refractivity contribution in [2.75, 3.05) is 20.3 Å². The molecule has 14 heavy (non-hydrogen) atoms. The summed E-state index contributed by atoms with van der Waals surface area (Å²) in [5, 5.41) is 3.65. The zero-order chi connectivity index (χ0) is 10.4. The average molecular weight is 199 g/mol. The number of rotatable bonds is 6. The van der Waals surface area contributed by atoms with Gasteiger partial charge in [-0.25, -0.2) is 0 Å². The molecule has 2 heteroatoms. The molecular weight excluding hydrogens is 174 g/mol. The second-order valence-corrected chi connectivity index (χ2v) is 4.51. The van der Waals surface area contributed by atoms with Crippen LogP contribution in [0, 0.1) is 11.8 Å². The molecule has 1 saturated carbocycles. The maximum Gasteiger partial charge on any atom is 0.0474 e. The van der Waals surface area contributed by atoms with Gasteiger partial charge < -0.3 is 10.1 Å². The maximum absolute atomic E-state index is 5.04. The van der Waals surface area contributed by atoms with Gasteiger partial charge in [0, 0.05) is 19.8 Å². The molecule has 0 radical (unpaired) electrons. The highest BCUT2D eigenvalue weighted by Gasteiger charge is 2.30. The van der Waals surface area contributed by atoms with Crippen molar-refractivity contribution in [3.05, 3.63) is 0 Å². The van der Waals surface area contributed by atoms with Gasteiger partial charge in [0.25, 0.3) is 0 Å². The van der Waals surface area contributed by atoms with Crippen LogP contribution in [-0.2, 0) is 4.74 Å². The van der Waals surface area contributed by atoms with Gasteiger partial charge in [-0.05, 0) is 37.6 Å². The molecule has 0 aromatic carbocycles. The van der Waals surface area contributed by atoms with E-state index in [4.69, 9.17) is 4.74 Å². The zero-order valence-electron chi connectivity index (χ0n) is 9.88. The number of nitrogens with one attached hydrogen (secondary N) is 1. The summed E-state index contributed by atoms with van der Waals surface area (Å²) in [6.45, 7) is 6.70. The maximum atomic E-state index is 5.04. The molecule has 0 bridgehead atoms. The van der Waals surface area contributed by atoms with Gasteiger partial charge in [-0.1, -0.05) is 20.3 Å². The fourth-order valence-corrected chi connectivity index (χ4v) is 2.62. The van der Waals surface area contributed by atoms with Crippen molar-refractivity contribution in [3.8, 4) is 0 Å². The molecule has 1 fully saturated rings. The summed E-state index contributed by atoms with van der Waals surface area (Å²) in [5.41, 5.74) is 0. The predicted octanol–water partition coefficient (Wildman–Crippen LogP) is 2.44. The molecule has 3 unspecified atom stereocenters. The Balaban J connectivity index is 2.13. The Hall–Kier alpha value is -0.0800. The standard InChI is InChI=1S/C12H25NO/c1-4-11-6-7-12(10(11)2)13-8-5-9-14-3/h10-13H,4-9H2,1-3H3. The van der Waals surface area contributed by atoms with Crippen LogP contribution in [0.4, 0.5) is 0 Å². The van der Waals surface area contributed by atoms with Crippen molar-refractivity contribution in [2.24, 2.45) is 11.8 Å². The molecule has 1 aliphatic rings. The highest BCUT2D eigenvalue weighted by molar-refractivity contribution is 4.86. The SMILES string of the molecule is CCC1CCC(NCCCOC)C1C. The minimum Gasteiger partial charge on any atom is -0.385 e. The molecule has 1 rings (SSSR count). The minimum atomic E-state index is 0.761. The second kappa shape index (κ2) is 6.41. The van der Waals surface area contributed by atoms with Gasteiger partial charge in [-0.3, -0.25) is 0 Å². The molecule has 1 aliphatic carbocycles. The van der Waals surface area contributed by atoms with Gasteiger partial charge in [0.1, 0.15) is 0 Å². The van der Waals surface area contributed by atoms with Gasteiger partial charge in [-0.2, -0.15) is 0 Å². The van der Waals surface area contributed by atoms with Crippen LogP contribution in [0.1, 0.15) is 39.5 Å². The third kappa shape index (κ3) is 3.25. The van der Waals surface area contributed by atoms with Crippen LogP contribution in [0.5, 0.6) is 0 Å². The van der Waals surface area contributed by atoms with Gasteiger partial charge >= 0.3 is 0 Å². The molecule has 0 heterocycles. The van der Waals surface area contributed by atoms with E-state index in [1.807, 2.05) is 0 Å². The lowest BCUT2D eigenvalue weighted by Gasteiger charge is -2.20. The van der Waals surface area contributed by atoms with E-state index in [0.717, 1.165) is 37.5 Å². The summed E-state index contributed by atoms with van der Waals surface area (Å²) in [6.07, 6.45) is 5.26. The third-order valence-electron chi connectivity index (χ3n) is 3.68. The normalized spacial score (nSPS) is 32.4. The molecule has 0 aromatic heterocycles. The van der Waals surface area contributed by atoms with Gasteiger partial charge in [0.05, 0.1) is 0 Å². The molecule has 0 aromatic rings. The van der Waals surface area contributed by atoms with Crippen molar-refractivity contribution in [2.45, 2.75) is 45.6 Å². The first-order valence-corrected chi connectivity index (χ1v) is 6.02. The van der Waals surface area contributed by atoms with Crippen LogP contribution in [0.15, 0.2) is 0 Å². The van der Waals surface area contributed by atoms with E-state index >= 15 is 0 Å². The number of hydrogen-bond acceptors (Lipinski definition) is 2. The van der Waals surface area contributed by atoms with Crippen molar-refractivity contribution < 1.29 is 4.74 Å². The highest BCUT2D eigenvalue weighted by atomic mass is 16.5. The quantitative estimate of drug-likeness (QED) is 0.663. The van der Waals surface area contributed by atoms with Crippen molar-refractivity contribution in [1.82, 2.24) is 5.32 Å². The van der Waals surface area contributed by atoms with Crippen molar-refractivity contribution in [3.63, 3.8) is 0 Å². The van der Waals surface area contributed by atoms with Gasteiger partial charge in [-0.15, -0.1) is 0 Å². The van der Waals surface area contributed by atoms with Crippen LogP contribution < -0.4 is 5.32 Å². The Bertz CT molecular complexity index is 149. The Morgan fingerprint density at radius 3 is 2.71 bits per heavy atom. The largest absolute Gasteiger partial charge is 0.385 e. The number of ether oxygens (including phenoxy) is 1. The van der Waals surface area contributed by atoms with E-state index in [9.17, 15) is 0 Å². The second-order valence-electron chi connectivity index (χ2n) is 4.51. The molecule has 3 atom stereocenters. The molecule has 84 valence electrons. The summed E-state index contributed by atoms with van der Waals surface area (Å²) < 4.78 is 5.04. The monoisotopic (exact) mass is 199 g/mol. The predicted molar refractivity (Wildman–Crippen MR) is 60.5 cm³/mol. The molecular formula is C12H25NO. The van der Waals surface area contributed by atoms with Crippen molar-refractivity contribution in [1.29, 1.82) is 0 Å². The van der Waals surface area contributed by atoms with E-state index in [1.54, 1.807) is 7.11 Å². The highest BCUT2D eigenvalue weighted by Crippen LogP contribution is 2.33. The van der Waals surface area contributed by atoms with E-state index in [2.05, 4.69) is 19.2 Å². The minimum absolute atomic E-state index is 0.761. The lowest BCUT2D eigenvalue weighted by molar-refractivity contribution is 0.192. The Labute approximate surface area is 88.4 Å². The Morgan fingerprint density at radius 1 is 1.36 bits per heavy atom. The molecule has 0 amide bonds. The molecule has 1 N–H and O–H groups in total. The molecule has 0 aliphatic heterocycles. The molecule has 0 spiro atoms. The Kier molecular flexibility index (Phi) is 5.49. The van der Waals surface area contributed by atoms with E-state index in [0.29, 0.717) is 0 Å². The topological polar surface area (TPSA) is 21.3 Å². The average Bonchev–Trinajstić information content (AvgIpc) is 2.55. The van der Waals surface area contributed by atoms with Crippen LogP contribution >= 0.6 is 0 Å². The first-order chi connectivity index (χ1) is 6.79. The van der Waals surface area contributed by atoms with Gasteiger partial charge in [0.15, 0.2) is 0 Å². The lowest BCUT2D eigenvalue weighted by atomic mass is 9.93. The first-order valence-electron chi connectivity index (χ1n) is 6.02.